The maximum Gasteiger partial charge on any atom is 0.410 e. The van der Waals surface area contributed by atoms with Gasteiger partial charge in [0.05, 0.1) is 6.42 Å². The van der Waals surface area contributed by atoms with Crippen LogP contribution in [0.1, 0.15) is 32.8 Å². The van der Waals surface area contributed by atoms with Gasteiger partial charge in [-0.1, -0.05) is 12.1 Å². The fourth-order valence-electron chi connectivity index (χ4n) is 2.48. The van der Waals surface area contributed by atoms with Gasteiger partial charge in [0.1, 0.15) is 11.4 Å². The van der Waals surface area contributed by atoms with Crippen LogP contribution in [0.3, 0.4) is 0 Å². The number of carbonyl (C=O) groups excluding carboxylic acids is 2. The lowest BCUT2D eigenvalue weighted by Crippen LogP contribution is -2.40. The molecule has 1 N–H and O–H groups in total. The summed E-state index contributed by atoms with van der Waals surface area (Å²) in [6.07, 6.45) is 0.453. The van der Waals surface area contributed by atoms with E-state index in [2.05, 4.69) is 5.32 Å². The van der Waals surface area contributed by atoms with Gasteiger partial charge in [-0.2, -0.15) is 0 Å². The third-order valence-electron chi connectivity index (χ3n) is 3.46. The molecule has 1 aromatic carbocycles. The summed E-state index contributed by atoms with van der Waals surface area (Å²) in [5.41, 5.74) is 0.0972. The number of hydrogen-bond donors (Lipinski definition) is 1. The zero-order valence-corrected chi connectivity index (χ0v) is 13.8. The normalized spacial score (nSPS) is 17.9. The molecule has 1 heterocycles. The molecule has 1 aliphatic heterocycles. The molecule has 1 aromatic rings. The average molecular weight is 322 g/mol. The zero-order chi connectivity index (χ0) is 17.0. The van der Waals surface area contributed by atoms with E-state index in [-0.39, 0.29) is 30.3 Å². The molecule has 0 aromatic heterocycles. The van der Waals surface area contributed by atoms with Crippen LogP contribution < -0.4 is 5.32 Å². The molecule has 0 unspecified atom stereocenters. The second-order valence-electron chi connectivity index (χ2n) is 6.79. The van der Waals surface area contributed by atoms with Crippen molar-refractivity contribution in [2.24, 2.45) is 0 Å². The fourth-order valence-corrected chi connectivity index (χ4v) is 2.48. The molecule has 0 saturated carbocycles. The Labute approximate surface area is 135 Å². The highest BCUT2D eigenvalue weighted by atomic mass is 19.1. The highest BCUT2D eigenvalue weighted by Crippen LogP contribution is 2.15. The summed E-state index contributed by atoms with van der Waals surface area (Å²) < 4.78 is 18.4. The molecule has 1 saturated heterocycles. The van der Waals surface area contributed by atoms with E-state index in [1.165, 1.54) is 12.1 Å². The minimum atomic E-state index is -0.532. The first kappa shape index (κ1) is 17.2. The number of carbonyl (C=O) groups is 2. The number of benzene rings is 1. The van der Waals surface area contributed by atoms with Gasteiger partial charge in [-0.15, -0.1) is 0 Å². The van der Waals surface area contributed by atoms with E-state index in [4.69, 9.17) is 4.74 Å². The van der Waals surface area contributed by atoms with Crippen molar-refractivity contribution < 1.29 is 18.7 Å². The number of halogens is 1. The Morgan fingerprint density at radius 2 is 2.13 bits per heavy atom. The summed E-state index contributed by atoms with van der Waals surface area (Å²) in [7, 11) is 0. The van der Waals surface area contributed by atoms with Crippen LogP contribution in [-0.4, -0.2) is 41.6 Å². The Bertz CT molecular complexity index is 583. The summed E-state index contributed by atoms with van der Waals surface area (Å²) >= 11 is 0. The standard InChI is InChI=1S/C17H23FN2O3/c1-17(2,3)23-16(22)20-8-7-14(11-20)19-15(21)10-12-5-4-6-13(18)9-12/h4-6,9,14H,7-8,10-11H2,1-3H3,(H,19,21)/t14-/m0/s1. The van der Waals surface area contributed by atoms with Gasteiger partial charge >= 0.3 is 6.09 Å². The van der Waals surface area contributed by atoms with Crippen LogP contribution in [0.25, 0.3) is 0 Å². The quantitative estimate of drug-likeness (QED) is 0.930. The van der Waals surface area contributed by atoms with Crippen molar-refractivity contribution in [1.82, 2.24) is 10.2 Å². The first-order chi connectivity index (χ1) is 10.7. The molecule has 1 aliphatic rings. The van der Waals surface area contributed by atoms with Crippen LogP contribution in [0.5, 0.6) is 0 Å². The minimum absolute atomic E-state index is 0.0939. The molecule has 0 spiro atoms. The first-order valence-corrected chi connectivity index (χ1v) is 7.75. The summed E-state index contributed by atoms with van der Waals surface area (Å²) in [6.45, 7) is 6.45. The van der Waals surface area contributed by atoms with Crippen molar-refractivity contribution in [3.8, 4) is 0 Å². The van der Waals surface area contributed by atoms with Gasteiger partial charge in [0.2, 0.25) is 5.91 Å². The molecule has 23 heavy (non-hydrogen) atoms. The Kier molecular flexibility index (Phi) is 5.23. The van der Waals surface area contributed by atoms with Crippen molar-refractivity contribution >= 4 is 12.0 Å². The van der Waals surface area contributed by atoms with E-state index in [1.54, 1.807) is 17.0 Å². The van der Waals surface area contributed by atoms with Crippen LogP contribution in [0.4, 0.5) is 9.18 Å². The summed E-state index contributed by atoms with van der Waals surface area (Å²) in [4.78, 5) is 25.6. The fraction of sp³-hybridized carbons (Fsp3) is 0.529. The lowest BCUT2D eigenvalue weighted by atomic mass is 10.1. The van der Waals surface area contributed by atoms with Crippen molar-refractivity contribution in [3.63, 3.8) is 0 Å². The predicted molar refractivity (Wildman–Crippen MR) is 84.5 cm³/mol. The third-order valence-corrected chi connectivity index (χ3v) is 3.46. The predicted octanol–water partition coefficient (Wildman–Crippen LogP) is 2.49. The second-order valence-corrected chi connectivity index (χ2v) is 6.79. The number of ether oxygens (including phenoxy) is 1. The number of hydrogen-bond acceptors (Lipinski definition) is 3. The molecular weight excluding hydrogens is 299 g/mol. The van der Waals surface area contributed by atoms with Crippen molar-refractivity contribution in [2.75, 3.05) is 13.1 Å². The highest BCUT2D eigenvalue weighted by molar-refractivity contribution is 5.79. The average Bonchev–Trinajstić information content (AvgIpc) is 2.85. The lowest BCUT2D eigenvalue weighted by molar-refractivity contribution is -0.121. The van der Waals surface area contributed by atoms with Crippen LogP contribution >= 0.6 is 0 Å². The molecule has 0 bridgehead atoms. The zero-order valence-electron chi connectivity index (χ0n) is 13.8. The van der Waals surface area contributed by atoms with Gasteiger partial charge in [-0.3, -0.25) is 4.79 Å². The maximum absolute atomic E-state index is 13.1. The van der Waals surface area contributed by atoms with E-state index in [0.717, 1.165) is 0 Å². The summed E-state index contributed by atoms with van der Waals surface area (Å²) in [5.74, 6) is -0.529. The number of likely N-dealkylation sites (tertiary alicyclic amines) is 1. The molecule has 2 amide bonds. The Morgan fingerprint density at radius 1 is 1.39 bits per heavy atom. The SMILES string of the molecule is CC(C)(C)OC(=O)N1CC[C@H](NC(=O)Cc2cccc(F)c2)C1. The van der Waals surface area contributed by atoms with Crippen molar-refractivity contribution in [3.05, 3.63) is 35.6 Å². The number of rotatable bonds is 3. The van der Waals surface area contributed by atoms with E-state index < -0.39 is 5.60 Å². The molecule has 1 atom stereocenters. The largest absolute Gasteiger partial charge is 0.444 e. The second kappa shape index (κ2) is 6.98. The van der Waals surface area contributed by atoms with E-state index in [9.17, 15) is 14.0 Å². The highest BCUT2D eigenvalue weighted by Gasteiger charge is 2.30. The Hall–Kier alpha value is -2.11. The van der Waals surface area contributed by atoms with Gasteiger partial charge in [-0.25, -0.2) is 9.18 Å². The van der Waals surface area contributed by atoms with Gasteiger partial charge in [-0.05, 0) is 44.9 Å². The van der Waals surface area contributed by atoms with Crippen LogP contribution in [0.2, 0.25) is 0 Å². The molecule has 0 aliphatic carbocycles. The third kappa shape index (κ3) is 5.54. The summed E-state index contributed by atoms with van der Waals surface area (Å²) in [6, 6.07) is 5.89. The minimum Gasteiger partial charge on any atom is -0.444 e. The van der Waals surface area contributed by atoms with Crippen LogP contribution in [0, 0.1) is 5.82 Å². The van der Waals surface area contributed by atoms with E-state index >= 15 is 0 Å². The number of nitrogens with zero attached hydrogens (tertiary/aromatic N) is 1. The summed E-state index contributed by atoms with van der Waals surface area (Å²) in [5, 5.41) is 2.88. The van der Waals surface area contributed by atoms with Gasteiger partial charge < -0.3 is 15.0 Å². The molecule has 6 heteroatoms. The number of nitrogens with one attached hydrogen (secondary N) is 1. The van der Waals surface area contributed by atoms with Crippen LogP contribution in [-0.2, 0) is 16.0 Å². The molecule has 0 radical (unpaired) electrons. The lowest BCUT2D eigenvalue weighted by Gasteiger charge is -2.24. The van der Waals surface area contributed by atoms with Crippen molar-refractivity contribution in [1.29, 1.82) is 0 Å². The van der Waals surface area contributed by atoms with E-state index in [0.29, 0.717) is 25.1 Å². The molecule has 2 rings (SSSR count). The van der Waals surface area contributed by atoms with Gasteiger partial charge in [0.15, 0.2) is 0 Å². The topological polar surface area (TPSA) is 58.6 Å². The maximum atomic E-state index is 13.1. The molecule has 5 nitrogen and oxygen atoms in total. The molecule has 126 valence electrons. The van der Waals surface area contributed by atoms with Gasteiger partial charge in [0.25, 0.3) is 0 Å². The van der Waals surface area contributed by atoms with Gasteiger partial charge in [0, 0.05) is 19.1 Å². The number of amides is 2. The molecule has 1 fully saturated rings. The Morgan fingerprint density at radius 3 is 2.78 bits per heavy atom. The first-order valence-electron chi connectivity index (χ1n) is 7.75. The monoisotopic (exact) mass is 322 g/mol. The molecular formula is C17H23FN2O3. The van der Waals surface area contributed by atoms with Crippen LogP contribution in [0.15, 0.2) is 24.3 Å². The van der Waals surface area contributed by atoms with Crippen molar-refractivity contribution in [2.45, 2.75) is 45.3 Å². The van der Waals surface area contributed by atoms with E-state index in [1.807, 2.05) is 20.8 Å². The Balaban J connectivity index is 1.81. The smallest absolute Gasteiger partial charge is 0.410 e.